The smallest absolute Gasteiger partial charge is 0.339 e. The van der Waals surface area contributed by atoms with E-state index in [1.54, 1.807) is 0 Å². The summed E-state index contributed by atoms with van der Waals surface area (Å²) in [5.74, 6) is 2.06. The van der Waals surface area contributed by atoms with E-state index in [0.717, 1.165) is 73.1 Å². The molecule has 1 aromatic carbocycles. The van der Waals surface area contributed by atoms with Crippen LogP contribution in [0.15, 0.2) is 18.2 Å². The molecule has 0 aromatic heterocycles. The number of ether oxygens (including phenoxy) is 1. The second-order valence-electron chi connectivity index (χ2n) is 11.8. The lowest BCUT2D eigenvalue weighted by atomic mass is 9.48. The van der Waals surface area contributed by atoms with Crippen molar-refractivity contribution in [3.05, 3.63) is 39.9 Å². The number of hydrogen-bond donors (Lipinski definition) is 1. The molecule has 4 bridgehead atoms. The summed E-state index contributed by atoms with van der Waals surface area (Å²) in [7, 11) is 0. The maximum atomic E-state index is 13.8. The van der Waals surface area contributed by atoms with Crippen LogP contribution in [0.3, 0.4) is 0 Å². The molecule has 0 amide bonds. The lowest BCUT2D eigenvalue weighted by Crippen LogP contribution is -2.50. The number of benzene rings is 1. The summed E-state index contributed by atoms with van der Waals surface area (Å²) in [4.78, 5) is 26.5. The quantitative estimate of drug-likeness (QED) is 0.299. The van der Waals surface area contributed by atoms with Crippen molar-refractivity contribution in [3.63, 3.8) is 0 Å². The molecule has 6 rings (SSSR count). The fourth-order valence-electron chi connectivity index (χ4n) is 7.32. The first kappa shape index (κ1) is 23.0. The third kappa shape index (κ3) is 4.36. The Labute approximate surface area is 202 Å². The van der Waals surface area contributed by atoms with Gasteiger partial charge in [0.15, 0.2) is 5.78 Å². The van der Waals surface area contributed by atoms with Gasteiger partial charge < -0.3 is 10.1 Å². The van der Waals surface area contributed by atoms with Crippen LogP contribution in [0, 0.1) is 23.2 Å². The molecule has 0 radical (unpaired) electrons. The van der Waals surface area contributed by atoms with Crippen LogP contribution in [-0.2, 0) is 16.0 Å². The molecule has 0 atom stereocenters. The zero-order valence-electron chi connectivity index (χ0n) is 20.1. The van der Waals surface area contributed by atoms with E-state index in [0.29, 0.717) is 17.2 Å². The first-order valence-electron chi connectivity index (χ1n) is 12.7. The summed E-state index contributed by atoms with van der Waals surface area (Å²) in [6, 6.07) is 3.71. The van der Waals surface area contributed by atoms with E-state index >= 15 is 0 Å². The molecule has 4 saturated carbocycles. The summed E-state index contributed by atoms with van der Waals surface area (Å²) in [6.45, 7) is 6.73. The van der Waals surface area contributed by atoms with Crippen LogP contribution in [0.4, 0.5) is 0 Å². The summed E-state index contributed by atoms with van der Waals surface area (Å²) < 4.78 is 5.43. The zero-order valence-corrected chi connectivity index (χ0v) is 20.9. The number of nitrogens with one attached hydrogen (secondary N) is 1. The van der Waals surface area contributed by atoms with Gasteiger partial charge in [0, 0.05) is 28.3 Å². The van der Waals surface area contributed by atoms with Crippen LogP contribution in [0.25, 0.3) is 5.70 Å². The van der Waals surface area contributed by atoms with Gasteiger partial charge in [0.1, 0.15) is 0 Å². The summed E-state index contributed by atoms with van der Waals surface area (Å²) in [6.07, 6.45) is 11.5. The predicted octanol–water partition coefficient (Wildman–Crippen LogP) is 6.35. The maximum absolute atomic E-state index is 13.8. The summed E-state index contributed by atoms with van der Waals surface area (Å²) >= 11 is 6.52. The molecule has 4 nitrogen and oxygen atoms in total. The molecular weight excluding hydrogens is 434 g/mol. The average molecular weight is 470 g/mol. The SMILES string of the molecule is CCCCOC(=O)c1cc2c(cc1Cl)CC(C)(C)NC2=CC(=O)C12CC3CC(CC(C3)C1)C2. The van der Waals surface area contributed by atoms with Crippen molar-refractivity contribution in [2.75, 3.05) is 6.61 Å². The van der Waals surface area contributed by atoms with Crippen molar-refractivity contribution in [1.29, 1.82) is 0 Å². The monoisotopic (exact) mass is 469 g/mol. The van der Waals surface area contributed by atoms with Gasteiger partial charge in [0.05, 0.1) is 17.2 Å². The van der Waals surface area contributed by atoms with E-state index in [9.17, 15) is 9.59 Å². The van der Waals surface area contributed by atoms with Crippen molar-refractivity contribution in [1.82, 2.24) is 5.32 Å². The van der Waals surface area contributed by atoms with Gasteiger partial charge in [-0.1, -0.05) is 24.9 Å². The molecule has 1 aromatic rings. The Morgan fingerprint density at radius 1 is 1.12 bits per heavy atom. The molecule has 1 heterocycles. The number of rotatable bonds is 6. The lowest BCUT2D eigenvalue weighted by molar-refractivity contribution is -0.138. The third-order valence-corrected chi connectivity index (χ3v) is 8.69. The third-order valence-electron chi connectivity index (χ3n) is 8.38. The number of ketones is 1. The molecule has 1 aliphatic heterocycles. The molecule has 5 heteroatoms. The van der Waals surface area contributed by atoms with E-state index in [1.807, 2.05) is 18.2 Å². The fourth-order valence-corrected chi connectivity index (χ4v) is 7.58. The van der Waals surface area contributed by atoms with E-state index < -0.39 is 5.97 Å². The maximum Gasteiger partial charge on any atom is 0.339 e. The number of unbranched alkanes of at least 4 members (excludes halogenated alkanes) is 1. The molecule has 5 aliphatic rings. The Bertz CT molecular complexity index is 973. The average Bonchev–Trinajstić information content (AvgIpc) is 2.71. The van der Waals surface area contributed by atoms with Gasteiger partial charge >= 0.3 is 5.97 Å². The van der Waals surface area contributed by atoms with Gasteiger partial charge in [-0.3, -0.25) is 4.79 Å². The Hall–Kier alpha value is -1.81. The Kier molecular flexibility index (Phi) is 5.87. The van der Waals surface area contributed by atoms with E-state index in [2.05, 4.69) is 26.1 Å². The van der Waals surface area contributed by atoms with Gasteiger partial charge in [-0.2, -0.15) is 0 Å². The minimum absolute atomic E-state index is 0.181. The number of allylic oxidation sites excluding steroid dienone is 1. The molecule has 178 valence electrons. The Balaban J connectivity index is 1.48. The Morgan fingerprint density at radius 3 is 2.36 bits per heavy atom. The van der Waals surface area contributed by atoms with E-state index in [-0.39, 0.29) is 16.7 Å². The predicted molar refractivity (Wildman–Crippen MR) is 131 cm³/mol. The largest absolute Gasteiger partial charge is 0.462 e. The second kappa shape index (κ2) is 8.45. The van der Waals surface area contributed by atoms with Crippen molar-refractivity contribution < 1.29 is 14.3 Å². The standard InChI is InChI=1S/C28H36ClNO3/c1-4-5-6-33-26(32)22-11-21-20(10-23(22)29)16-27(2,3)30-24(21)12-25(31)28-13-17-7-18(14-28)9-19(8-17)15-28/h10-12,17-19,30H,4-9,13-16H2,1-3H3. The van der Waals surface area contributed by atoms with Crippen LogP contribution in [0.5, 0.6) is 0 Å². The van der Waals surface area contributed by atoms with E-state index in [1.165, 1.54) is 19.3 Å². The number of carbonyl (C=O) groups is 2. The van der Waals surface area contributed by atoms with Gasteiger partial charge in [-0.15, -0.1) is 0 Å². The molecule has 4 fully saturated rings. The van der Waals surface area contributed by atoms with Crippen molar-refractivity contribution in [3.8, 4) is 0 Å². The summed E-state index contributed by atoms with van der Waals surface area (Å²) in [5, 5.41) is 4.01. The highest BCUT2D eigenvalue weighted by Gasteiger charge is 2.54. The fraction of sp³-hybridized carbons (Fsp3) is 0.643. The van der Waals surface area contributed by atoms with Gasteiger partial charge in [-0.25, -0.2) is 4.79 Å². The first-order valence-corrected chi connectivity index (χ1v) is 13.1. The number of halogens is 1. The molecule has 1 N–H and O–H groups in total. The highest BCUT2D eigenvalue weighted by Crippen LogP contribution is 2.60. The van der Waals surface area contributed by atoms with Crippen molar-refractivity contribution >= 4 is 29.1 Å². The molecule has 0 unspecified atom stereocenters. The highest BCUT2D eigenvalue weighted by molar-refractivity contribution is 6.33. The highest BCUT2D eigenvalue weighted by atomic mass is 35.5. The minimum Gasteiger partial charge on any atom is -0.462 e. The van der Waals surface area contributed by atoms with Gasteiger partial charge in [0.25, 0.3) is 0 Å². The molecule has 0 saturated heterocycles. The van der Waals surface area contributed by atoms with Gasteiger partial charge in [-0.05, 0) is 101 Å². The van der Waals surface area contributed by atoms with Crippen LogP contribution in [0.1, 0.15) is 93.6 Å². The van der Waals surface area contributed by atoms with Crippen LogP contribution in [0.2, 0.25) is 5.02 Å². The van der Waals surface area contributed by atoms with Crippen LogP contribution in [-0.4, -0.2) is 23.9 Å². The molecule has 33 heavy (non-hydrogen) atoms. The molecule has 4 aliphatic carbocycles. The lowest BCUT2D eigenvalue weighted by Gasteiger charge is -2.55. The number of esters is 1. The van der Waals surface area contributed by atoms with Crippen LogP contribution >= 0.6 is 11.6 Å². The minimum atomic E-state index is -0.396. The summed E-state index contributed by atoms with van der Waals surface area (Å²) in [5.41, 5.74) is 2.78. The molecule has 0 spiro atoms. The van der Waals surface area contributed by atoms with E-state index in [4.69, 9.17) is 16.3 Å². The number of hydrogen-bond acceptors (Lipinski definition) is 4. The number of carbonyl (C=O) groups excluding carboxylic acids is 2. The van der Waals surface area contributed by atoms with Crippen LogP contribution < -0.4 is 5.32 Å². The Morgan fingerprint density at radius 2 is 1.76 bits per heavy atom. The van der Waals surface area contributed by atoms with Crippen molar-refractivity contribution in [2.45, 2.75) is 84.1 Å². The molecular formula is C28H36ClNO3. The normalized spacial score (nSPS) is 32.4. The number of fused-ring (bicyclic) bond motifs is 1. The van der Waals surface area contributed by atoms with Crippen molar-refractivity contribution in [2.24, 2.45) is 23.2 Å². The zero-order chi connectivity index (χ0) is 23.4. The first-order chi connectivity index (χ1) is 15.7. The topological polar surface area (TPSA) is 55.4 Å². The van der Waals surface area contributed by atoms with Gasteiger partial charge in [0.2, 0.25) is 0 Å². The second-order valence-corrected chi connectivity index (χ2v) is 12.2.